The first-order valence-corrected chi connectivity index (χ1v) is 10.9. The number of amides is 1. The van der Waals surface area contributed by atoms with E-state index < -0.39 is 0 Å². The van der Waals surface area contributed by atoms with Gasteiger partial charge in [-0.1, -0.05) is 84.6 Å². The molecule has 0 aromatic heterocycles. The predicted molar refractivity (Wildman–Crippen MR) is 122 cm³/mol. The summed E-state index contributed by atoms with van der Waals surface area (Å²) in [5, 5.41) is 6.36. The van der Waals surface area contributed by atoms with E-state index in [1.807, 2.05) is 48.5 Å². The highest BCUT2D eigenvalue weighted by molar-refractivity contribution is 8.23. The number of nitrogens with zero attached hydrogens (tertiary/aromatic N) is 3. The zero-order chi connectivity index (χ0) is 19.9. The molecule has 1 atom stereocenters. The van der Waals surface area contributed by atoms with Gasteiger partial charge in [-0.3, -0.25) is 4.79 Å². The lowest BCUT2D eigenvalue weighted by atomic mass is 9.98. The average molecular weight is 412 g/mol. The monoisotopic (exact) mass is 411 g/mol. The first-order chi connectivity index (χ1) is 13.6. The number of hydrazone groups is 1. The third-order valence-corrected chi connectivity index (χ3v) is 6.31. The van der Waals surface area contributed by atoms with Crippen LogP contribution >= 0.6 is 24.0 Å². The molecule has 0 N–H and O–H groups in total. The Bertz CT molecular complexity index is 835. The molecule has 1 aliphatic heterocycles. The topological polar surface area (TPSA) is 35.9 Å². The Balaban J connectivity index is 1.78. The van der Waals surface area contributed by atoms with Crippen LogP contribution in [0.5, 0.6) is 0 Å². The number of carbonyl (C=O) groups excluding carboxylic acids is 1. The second-order valence-corrected chi connectivity index (χ2v) is 8.12. The fourth-order valence-corrected chi connectivity index (χ4v) is 4.50. The minimum Gasteiger partial charge on any atom is -0.358 e. The lowest BCUT2D eigenvalue weighted by molar-refractivity contribution is -0.130. The molecule has 6 heteroatoms. The molecule has 1 heterocycles. The maximum Gasteiger partial charge on any atom is 0.253 e. The molecule has 0 bridgehead atoms. The second kappa shape index (κ2) is 9.85. The van der Waals surface area contributed by atoms with Gasteiger partial charge in [-0.2, -0.15) is 5.10 Å². The molecule has 0 saturated heterocycles. The summed E-state index contributed by atoms with van der Waals surface area (Å²) in [6, 6.07) is 20.1. The predicted octanol–water partition coefficient (Wildman–Crippen LogP) is 4.72. The summed E-state index contributed by atoms with van der Waals surface area (Å²) in [5.41, 5.74) is 3.10. The van der Waals surface area contributed by atoms with E-state index in [0.29, 0.717) is 12.2 Å². The molecule has 0 spiro atoms. The molecule has 1 aliphatic rings. The Kier molecular flexibility index (Phi) is 7.23. The second-order valence-electron chi connectivity index (χ2n) is 6.51. The van der Waals surface area contributed by atoms with Crippen molar-refractivity contribution in [2.45, 2.75) is 26.3 Å². The SMILES string of the molecule is CCN(CC)C(=S)SCC(=O)N1N=C(c2ccccc2)C[C@H]1c1ccccc1. The minimum absolute atomic E-state index is 0.0145. The van der Waals surface area contributed by atoms with Gasteiger partial charge in [-0.15, -0.1) is 0 Å². The molecule has 0 fully saturated rings. The van der Waals surface area contributed by atoms with E-state index in [4.69, 9.17) is 17.3 Å². The van der Waals surface area contributed by atoms with Crippen molar-refractivity contribution < 1.29 is 4.79 Å². The Morgan fingerprint density at radius 3 is 2.32 bits per heavy atom. The summed E-state index contributed by atoms with van der Waals surface area (Å²) >= 11 is 6.89. The molecule has 2 aromatic rings. The van der Waals surface area contributed by atoms with Gasteiger partial charge in [-0.25, -0.2) is 5.01 Å². The Labute approximate surface area is 176 Å². The summed E-state index contributed by atoms with van der Waals surface area (Å²) in [6.45, 7) is 5.84. The molecule has 1 amide bonds. The number of carbonyl (C=O) groups is 1. The van der Waals surface area contributed by atoms with Crippen LogP contribution in [0.2, 0.25) is 0 Å². The van der Waals surface area contributed by atoms with Crippen molar-refractivity contribution in [3.8, 4) is 0 Å². The molecule has 2 aromatic carbocycles. The van der Waals surface area contributed by atoms with Gasteiger partial charge in [0.25, 0.3) is 5.91 Å². The van der Waals surface area contributed by atoms with Crippen LogP contribution in [-0.4, -0.2) is 44.7 Å². The Morgan fingerprint density at radius 2 is 1.71 bits per heavy atom. The molecular weight excluding hydrogens is 386 g/mol. The number of thioether (sulfide) groups is 1. The molecule has 0 radical (unpaired) electrons. The smallest absolute Gasteiger partial charge is 0.253 e. The molecule has 0 aliphatic carbocycles. The van der Waals surface area contributed by atoms with Crippen molar-refractivity contribution >= 4 is 39.9 Å². The molecule has 0 saturated carbocycles. The summed E-state index contributed by atoms with van der Waals surface area (Å²) in [5.74, 6) is 0.281. The number of thiocarbonyl (C=S) groups is 1. The maximum atomic E-state index is 13.0. The molecule has 0 unspecified atom stereocenters. The van der Waals surface area contributed by atoms with Gasteiger partial charge < -0.3 is 4.90 Å². The average Bonchev–Trinajstić information content (AvgIpc) is 3.20. The van der Waals surface area contributed by atoms with Gasteiger partial charge in [0.15, 0.2) is 0 Å². The van der Waals surface area contributed by atoms with E-state index in [2.05, 4.69) is 30.9 Å². The highest BCUT2D eigenvalue weighted by atomic mass is 32.2. The van der Waals surface area contributed by atoms with Crippen LogP contribution in [0.1, 0.15) is 37.4 Å². The van der Waals surface area contributed by atoms with Crippen molar-refractivity contribution in [3.05, 3.63) is 71.8 Å². The van der Waals surface area contributed by atoms with E-state index in [9.17, 15) is 4.79 Å². The highest BCUT2D eigenvalue weighted by Gasteiger charge is 2.33. The fourth-order valence-electron chi connectivity index (χ4n) is 3.24. The number of benzene rings is 2. The fraction of sp³-hybridized carbons (Fsp3) is 0.318. The van der Waals surface area contributed by atoms with Crippen LogP contribution < -0.4 is 0 Å². The molecule has 146 valence electrons. The number of hydrogen-bond donors (Lipinski definition) is 0. The first kappa shape index (κ1) is 20.6. The van der Waals surface area contributed by atoms with E-state index >= 15 is 0 Å². The minimum atomic E-state index is -0.0773. The molecular formula is C22H25N3OS2. The van der Waals surface area contributed by atoms with Crippen molar-refractivity contribution in [2.75, 3.05) is 18.8 Å². The van der Waals surface area contributed by atoms with Crippen molar-refractivity contribution in [1.29, 1.82) is 0 Å². The van der Waals surface area contributed by atoms with E-state index in [-0.39, 0.29) is 11.9 Å². The van der Waals surface area contributed by atoms with Crippen molar-refractivity contribution in [1.82, 2.24) is 9.91 Å². The van der Waals surface area contributed by atoms with Crippen molar-refractivity contribution in [2.24, 2.45) is 5.10 Å². The van der Waals surface area contributed by atoms with Crippen LogP contribution in [0.15, 0.2) is 65.8 Å². The summed E-state index contributed by atoms with van der Waals surface area (Å²) < 4.78 is 0.765. The number of hydrogen-bond acceptors (Lipinski definition) is 4. The Morgan fingerprint density at radius 1 is 1.11 bits per heavy atom. The lowest BCUT2D eigenvalue weighted by Crippen LogP contribution is -2.31. The molecule has 28 heavy (non-hydrogen) atoms. The maximum absolute atomic E-state index is 13.0. The summed E-state index contributed by atoms with van der Waals surface area (Å²) in [4.78, 5) is 15.1. The highest BCUT2D eigenvalue weighted by Crippen LogP contribution is 2.33. The molecule has 3 rings (SSSR count). The van der Waals surface area contributed by atoms with E-state index in [1.165, 1.54) is 11.8 Å². The normalized spacial score (nSPS) is 16.0. The van der Waals surface area contributed by atoms with E-state index in [0.717, 1.165) is 34.2 Å². The standard InChI is InChI=1S/C22H25N3OS2/c1-3-24(4-2)22(27)28-16-21(26)25-20(18-13-9-6-10-14-18)15-19(23-25)17-11-7-5-8-12-17/h5-14,20H,3-4,15-16H2,1-2H3/t20-/m0/s1. The van der Waals surface area contributed by atoms with Gasteiger partial charge >= 0.3 is 0 Å². The molecule has 4 nitrogen and oxygen atoms in total. The van der Waals surface area contributed by atoms with Crippen LogP contribution in [0.3, 0.4) is 0 Å². The third-order valence-electron chi connectivity index (χ3n) is 4.80. The quantitative estimate of drug-likeness (QED) is 0.644. The van der Waals surface area contributed by atoms with Gasteiger partial charge in [0.05, 0.1) is 17.5 Å². The van der Waals surface area contributed by atoms with Gasteiger partial charge in [0, 0.05) is 19.5 Å². The Hall–Kier alpha value is -2.18. The zero-order valence-electron chi connectivity index (χ0n) is 16.2. The van der Waals surface area contributed by atoms with Crippen LogP contribution in [-0.2, 0) is 4.79 Å². The van der Waals surface area contributed by atoms with Crippen molar-refractivity contribution in [3.63, 3.8) is 0 Å². The number of rotatable bonds is 6. The summed E-state index contributed by atoms with van der Waals surface area (Å²) in [7, 11) is 0. The zero-order valence-corrected chi connectivity index (χ0v) is 17.9. The third kappa shape index (κ3) is 4.80. The van der Waals surface area contributed by atoms with Gasteiger partial charge in [-0.05, 0) is 25.0 Å². The van der Waals surface area contributed by atoms with Gasteiger partial charge in [0.1, 0.15) is 4.32 Å². The van der Waals surface area contributed by atoms with Crippen LogP contribution in [0, 0.1) is 0 Å². The summed E-state index contributed by atoms with van der Waals surface area (Å²) in [6.07, 6.45) is 0.713. The van der Waals surface area contributed by atoms with Crippen LogP contribution in [0.4, 0.5) is 0 Å². The first-order valence-electron chi connectivity index (χ1n) is 9.55. The largest absolute Gasteiger partial charge is 0.358 e. The van der Waals surface area contributed by atoms with E-state index in [1.54, 1.807) is 5.01 Å². The van der Waals surface area contributed by atoms with Gasteiger partial charge in [0.2, 0.25) is 0 Å². The van der Waals surface area contributed by atoms with Crippen LogP contribution in [0.25, 0.3) is 0 Å². The lowest BCUT2D eigenvalue weighted by Gasteiger charge is -2.24.